The molecule has 0 spiro atoms. The molecular weight excluding hydrogens is 290 g/mol. The van der Waals surface area contributed by atoms with Crippen LogP contribution < -0.4 is 5.73 Å². The second kappa shape index (κ2) is 7.18. The molecule has 1 aliphatic heterocycles. The van der Waals surface area contributed by atoms with Gasteiger partial charge in [-0.1, -0.05) is 30.3 Å². The van der Waals surface area contributed by atoms with Gasteiger partial charge in [0.15, 0.2) is 0 Å². The zero-order chi connectivity index (χ0) is 13.1. The minimum absolute atomic E-state index is 0. The van der Waals surface area contributed by atoms with Gasteiger partial charge in [-0.2, -0.15) is 0 Å². The summed E-state index contributed by atoms with van der Waals surface area (Å²) < 4.78 is 0. The summed E-state index contributed by atoms with van der Waals surface area (Å²) in [6.45, 7) is 3.16. The fourth-order valence-corrected chi connectivity index (χ4v) is 3.27. The van der Waals surface area contributed by atoms with Crippen molar-refractivity contribution >= 4 is 23.7 Å². The summed E-state index contributed by atoms with van der Waals surface area (Å²) in [6.07, 6.45) is 2.22. The molecule has 2 heterocycles. The maximum absolute atomic E-state index is 5.93. The van der Waals surface area contributed by atoms with Gasteiger partial charge in [0, 0.05) is 30.1 Å². The molecule has 108 valence electrons. The molecule has 1 fully saturated rings. The maximum atomic E-state index is 5.93. The van der Waals surface area contributed by atoms with Crippen molar-refractivity contribution in [3.05, 3.63) is 40.7 Å². The molecule has 1 aromatic heterocycles. The summed E-state index contributed by atoms with van der Waals surface area (Å²) >= 11 is 1.75. The van der Waals surface area contributed by atoms with Crippen LogP contribution in [0, 0.1) is 0 Å². The summed E-state index contributed by atoms with van der Waals surface area (Å²) in [6, 6.07) is 10.8. The Bertz CT molecular complexity index is 521. The molecule has 3 nitrogen and oxygen atoms in total. The lowest BCUT2D eigenvalue weighted by atomic mass is 10.1. The second-order valence-corrected chi connectivity index (χ2v) is 6.05. The molecule has 1 aliphatic rings. The van der Waals surface area contributed by atoms with E-state index in [1.54, 1.807) is 11.3 Å². The van der Waals surface area contributed by atoms with Crippen LogP contribution in [0.2, 0.25) is 0 Å². The van der Waals surface area contributed by atoms with Crippen molar-refractivity contribution in [1.29, 1.82) is 0 Å². The van der Waals surface area contributed by atoms with Gasteiger partial charge in [0.2, 0.25) is 0 Å². The van der Waals surface area contributed by atoms with E-state index in [9.17, 15) is 0 Å². The summed E-state index contributed by atoms with van der Waals surface area (Å²) in [7, 11) is 0. The van der Waals surface area contributed by atoms with Gasteiger partial charge >= 0.3 is 0 Å². The third-order valence-corrected chi connectivity index (χ3v) is 4.45. The van der Waals surface area contributed by atoms with E-state index in [4.69, 9.17) is 10.7 Å². The third kappa shape index (κ3) is 3.79. The van der Waals surface area contributed by atoms with E-state index in [0.717, 1.165) is 38.2 Å². The predicted molar refractivity (Wildman–Crippen MR) is 87.3 cm³/mol. The van der Waals surface area contributed by atoms with Crippen molar-refractivity contribution in [2.75, 3.05) is 13.1 Å². The van der Waals surface area contributed by atoms with Gasteiger partial charge in [-0.3, -0.25) is 4.90 Å². The summed E-state index contributed by atoms with van der Waals surface area (Å²) in [4.78, 5) is 7.19. The first kappa shape index (κ1) is 15.4. The topological polar surface area (TPSA) is 42.1 Å². The highest BCUT2D eigenvalue weighted by Crippen LogP contribution is 2.23. The monoisotopic (exact) mass is 309 g/mol. The lowest BCUT2D eigenvalue weighted by Crippen LogP contribution is -2.39. The molecule has 1 aromatic carbocycles. The lowest BCUT2D eigenvalue weighted by Gasteiger charge is -2.29. The fourth-order valence-electron chi connectivity index (χ4n) is 2.43. The van der Waals surface area contributed by atoms with Crippen LogP contribution in [0.1, 0.15) is 17.8 Å². The van der Waals surface area contributed by atoms with Crippen LogP contribution in [0.25, 0.3) is 11.3 Å². The maximum Gasteiger partial charge on any atom is 0.107 e. The zero-order valence-electron chi connectivity index (χ0n) is 11.4. The number of benzene rings is 1. The minimum atomic E-state index is 0. The number of hydrogen-bond donors (Lipinski definition) is 1. The largest absolute Gasteiger partial charge is 0.328 e. The molecule has 0 bridgehead atoms. The van der Waals surface area contributed by atoms with E-state index in [-0.39, 0.29) is 12.4 Å². The van der Waals surface area contributed by atoms with Gasteiger partial charge in [0.1, 0.15) is 5.01 Å². The van der Waals surface area contributed by atoms with E-state index >= 15 is 0 Å². The predicted octanol–water partition coefficient (Wildman–Crippen LogP) is 3.16. The lowest BCUT2D eigenvalue weighted by molar-refractivity contribution is 0.205. The Morgan fingerprint density at radius 2 is 1.90 bits per heavy atom. The van der Waals surface area contributed by atoms with Crippen LogP contribution in [0.5, 0.6) is 0 Å². The first-order valence-corrected chi connectivity index (χ1v) is 7.67. The number of piperidine rings is 1. The molecular formula is C15H20ClN3S. The van der Waals surface area contributed by atoms with E-state index in [2.05, 4.69) is 34.5 Å². The number of nitrogens with zero attached hydrogens (tertiary/aromatic N) is 2. The van der Waals surface area contributed by atoms with Crippen molar-refractivity contribution in [2.24, 2.45) is 5.73 Å². The molecule has 0 aliphatic carbocycles. The SMILES string of the molecule is Cl.NC1CCN(Cc2nc(-c3ccccc3)cs2)CC1. The number of aromatic nitrogens is 1. The zero-order valence-corrected chi connectivity index (χ0v) is 13.0. The van der Waals surface area contributed by atoms with E-state index in [1.807, 2.05) is 6.07 Å². The number of rotatable bonds is 3. The summed E-state index contributed by atoms with van der Waals surface area (Å²) in [5.41, 5.74) is 8.22. The van der Waals surface area contributed by atoms with Crippen LogP contribution in [-0.2, 0) is 6.54 Å². The molecule has 20 heavy (non-hydrogen) atoms. The van der Waals surface area contributed by atoms with Gasteiger partial charge in [-0.25, -0.2) is 4.98 Å². The van der Waals surface area contributed by atoms with E-state index in [1.165, 1.54) is 10.6 Å². The number of halogens is 1. The van der Waals surface area contributed by atoms with E-state index in [0.29, 0.717) is 6.04 Å². The molecule has 5 heteroatoms. The van der Waals surface area contributed by atoms with Gasteiger partial charge in [-0.05, 0) is 12.8 Å². The normalized spacial score (nSPS) is 16.9. The van der Waals surface area contributed by atoms with E-state index < -0.39 is 0 Å². The van der Waals surface area contributed by atoms with Gasteiger partial charge < -0.3 is 5.73 Å². The van der Waals surface area contributed by atoms with Crippen LogP contribution in [-0.4, -0.2) is 29.0 Å². The van der Waals surface area contributed by atoms with Crippen molar-refractivity contribution < 1.29 is 0 Å². The average molecular weight is 310 g/mol. The Hall–Kier alpha value is -0.940. The molecule has 0 atom stereocenters. The molecule has 1 saturated heterocycles. The molecule has 0 unspecified atom stereocenters. The fraction of sp³-hybridized carbons (Fsp3) is 0.400. The van der Waals surface area contributed by atoms with Crippen LogP contribution in [0.4, 0.5) is 0 Å². The first-order chi connectivity index (χ1) is 9.31. The Morgan fingerprint density at radius 1 is 1.20 bits per heavy atom. The van der Waals surface area contributed by atoms with Crippen molar-refractivity contribution in [3.8, 4) is 11.3 Å². The van der Waals surface area contributed by atoms with Gasteiger partial charge in [0.25, 0.3) is 0 Å². The van der Waals surface area contributed by atoms with Crippen molar-refractivity contribution in [1.82, 2.24) is 9.88 Å². The van der Waals surface area contributed by atoms with Crippen LogP contribution in [0.15, 0.2) is 35.7 Å². The highest BCUT2D eigenvalue weighted by Gasteiger charge is 2.17. The minimum Gasteiger partial charge on any atom is -0.328 e. The molecule has 2 aromatic rings. The standard InChI is InChI=1S/C15H19N3S.ClH/c16-13-6-8-18(9-7-13)10-15-17-14(11-19-15)12-4-2-1-3-5-12;/h1-5,11,13H,6-10,16H2;1H. The number of likely N-dealkylation sites (tertiary alicyclic amines) is 1. The Labute approximate surface area is 130 Å². The van der Waals surface area contributed by atoms with Crippen molar-refractivity contribution in [3.63, 3.8) is 0 Å². The van der Waals surface area contributed by atoms with Crippen LogP contribution >= 0.6 is 23.7 Å². The third-order valence-electron chi connectivity index (χ3n) is 3.61. The van der Waals surface area contributed by atoms with Crippen molar-refractivity contribution in [2.45, 2.75) is 25.4 Å². The number of thiazole rings is 1. The average Bonchev–Trinajstić information content (AvgIpc) is 2.91. The highest BCUT2D eigenvalue weighted by molar-refractivity contribution is 7.09. The molecule has 2 N–H and O–H groups in total. The van der Waals surface area contributed by atoms with Gasteiger partial charge in [-0.15, -0.1) is 23.7 Å². The molecule has 3 rings (SSSR count). The Morgan fingerprint density at radius 3 is 2.60 bits per heavy atom. The molecule has 0 amide bonds. The molecule has 0 saturated carbocycles. The smallest absolute Gasteiger partial charge is 0.107 e. The first-order valence-electron chi connectivity index (χ1n) is 6.79. The quantitative estimate of drug-likeness (QED) is 0.947. The summed E-state index contributed by atoms with van der Waals surface area (Å²) in [5, 5.41) is 3.36. The van der Waals surface area contributed by atoms with Gasteiger partial charge in [0.05, 0.1) is 12.2 Å². The van der Waals surface area contributed by atoms with Crippen LogP contribution in [0.3, 0.4) is 0 Å². The second-order valence-electron chi connectivity index (χ2n) is 5.11. The molecule has 0 radical (unpaired) electrons. The Balaban J connectivity index is 0.00000147. The highest BCUT2D eigenvalue weighted by atomic mass is 35.5. The summed E-state index contributed by atoms with van der Waals surface area (Å²) in [5.74, 6) is 0. The number of nitrogens with two attached hydrogens (primary N) is 1. The Kier molecular flexibility index (Phi) is 5.54. The number of hydrogen-bond acceptors (Lipinski definition) is 4.